The summed E-state index contributed by atoms with van der Waals surface area (Å²) in [6.45, 7) is 1.76. The Morgan fingerprint density at radius 1 is 1.32 bits per heavy atom. The molecule has 0 aliphatic carbocycles. The summed E-state index contributed by atoms with van der Waals surface area (Å²) >= 11 is 4.71. The zero-order valence-corrected chi connectivity index (χ0v) is 13.1. The molecule has 1 fully saturated rings. The number of likely N-dealkylation sites (tertiary alicyclic amines) is 1. The van der Waals surface area contributed by atoms with Gasteiger partial charge >= 0.3 is 0 Å². The molecule has 1 saturated heterocycles. The molecule has 0 aromatic heterocycles. The van der Waals surface area contributed by atoms with Gasteiger partial charge in [-0.25, -0.2) is 4.39 Å². The second-order valence-electron chi connectivity index (χ2n) is 4.67. The predicted octanol–water partition coefficient (Wildman–Crippen LogP) is 3.83. The summed E-state index contributed by atoms with van der Waals surface area (Å²) in [6.07, 6.45) is 3.44. The second-order valence-corrected chi connectivity index (χ2v) is 6.57. The second kappa shape index (κ2) is 7.29. The van der Waals surface area contributed by atoms with Crippen LogP contribution in [0.25, 0.3) is 0 Å². The number of rotatable bonds is 4. The molecule has 2 rings (SSSR count). The fraction of sp³-hybridized carbons (Fsp3) is 0.500. The Bertz CT molecular complexity index is 449. The topological polar surface area (TPSA) is 20.3 Å². The highest BCUT2D eigenvalue weighted by molar-refractivity contribution is 9.10. The maximum absolute atomic E-state index is 13.6. The third kappa shape index (κ3) is 4.49. The van der Waals surface area contributed by atoms with Crippen molar-refractivity contribution in [3.05, 3.63) is 34.1 Å². The SMILES string of the molecule is O=C(CSCc1ccc(Br)cc1F)N1CCCCC1. The van der Waals surface area contributed by atoms with Gasteiger partial charge in [-0.3, -0.25) is 4.79 Å². The van der Waals surface area contributed by atoms with E-state index in [1.165, 1.54) is 24.2 Å². The molecule has 1 aromatic rings. The number of nitrogens with zero attached hydrogens (tertiary/aromatic N) is 1. The lowest BCUT2D eigenvalue weighted by Gasteiger charge is -2.26. The van der Waals surface area contributed by atoms with Crippen LogP contribution in [0.2, 0.25) is 0 Å². The highest BCUT2D eigenvalue weighted by Gasteiger charge is 2.16. The van der Waals surface area contributed by atoms with E-state index in [4.69, 9.17) is 0 Å². The van der Waals surface area contributed by atoms with Crippen molar-refractivity contribution in [2.75, 3.05) is 18.8 Å². The first-order chi connectivity index (χ1) is 9.16. The number of thioether (sulfide) groups is 1. The van der Waals surface area contributed by atoms with E-state index in [2.05, 4.69) is 15.9 Å². The third-order valence-electron chi connectivity index (χ3n) is 3.21. The van der Waals surface area contributed by atoms with Crippen molar-refractivity contribution in [2.45, 2.75) is 25.0 Å². The Morgan fingerprint density at radius 3 is 2.74 bits per heavy atom. The van der Waals surface area contributed by atoms with E-state index in [0.717, 1.165) is 30.4 Å². The third-order valence-corrected chi connectivity index (χ3v) is 4.67. The van der Waals surface area contributed by atoms with E-state index in [1.807, 2.05) is 11.0 Å². The van der Waals surface area contributed by atoms with Gasteiger partial charge in [0.25, 0.3) is 0 Å². The zero-order chi connectivity index (χ0) is 13.7. The summed E-state index contributed by atoms with van der Waals surface area (Å²) in [5, 5.41) is 0. The molecule has 1 amide bonds. The minimum Gasteiger partial charge on any atom is -0.342 e. The predicted molar refractivity (Wildman–Crippen MR) is 80.7 cm³/mol. The molecule has 0 radical (unpaired) electrons. The first-order valence-corrected chi connectivity index (χ1v) is 8.41. The number of piperidine rings is 1. The number of carbonyl (C=O) groups is 1. The number of hydrogen-bond acceptors (Lipinski definition) is 2. The molecule has 1 aliphatic heterocycles. The van der Waals surface area contributed by atoms with Gasteiger partial charge in [0.2, 0.25) is 5.91 Å². The van der Waals surface area contributed by atoms with Gasteiger partial charge in [0.1, 0.15) is 5.82 Å². The monoisotopic (exact) mass is 345 g/mol. The van der Waals surface area contributed by atoms with E-state index in [1.54, 1.807) is 6.07 Å². The Morgan fingerprint density at radius 2 is 2.05 bits per heavy atom. The van der Waals surface area contributed by atoms with E-state index in [-0.39, 0.29) is 11.7 Å². The van der Waals surface area contributed by atoms with Crippen LogP contribution in [0.3, 0.4) is 0 Å². The summed E-state index contributed by atoms with van der Waals surface area (Å²) < 4.78 is 14.3. The first kappa shape index (κ1) is 14.9. The van der Waals surface area contributed by atoms with Crippen LogP contribution >= 0.6 is 27.7 Å². The van der Waals surface area contributed by atoms with Crippen molar-refractivity contribution in [1.82, 2.24) is 4.90 Å². The lowest BCUT2D eigenvalue weighted by Crippen LogP contribution is -2.36. The lowest BCUT2D eigenvalue weighted by molar-refractivity contribution is -0.129. The normalized spacial score (nSPS) is 15.6. The van der Waals surface area contributed by atoms with Crippen molar-refractivity contribution in [3.8, 4) is 0 Å². The molecule has 1 aliphatic rings. The molecule has 0 saturated carbocycles. The molecule has 0 spiro atoms. The molecule has 2 nitrogen and oxygen atoms in total. The van der Waals surface area contributed by atoms with Crippen molar-refractivity contribution < 1.29 is 9.18 Å². The highest BCUT2D eigenvalue weighted by Crippen LogP contribution is 2.20. The molecular weight excluding hydrogens is 329 g/mol. The van der Waals surface area contributed by atoms with Gasteiger partial charge in [-0.1, -0.05) is 22.0 Å². The minimum absolute atomic E-state index is 0.183. The van der Waals surface area contributed by atoms with Crippen LogP contribution in [0.4, 0.5) is 4.39 Å². The number of halogens is 2. The van der Waals surface area contributed by atoms with E-state index in [0.29, 0.717) is 17.1 Å². The van der Waals surface area contributed by atoms with Crippen molar-refractivity contribution in [1.29, 1.82) is 0 Å². The molecule has 0 atom stereocenters. The van der Waals surface area contributed by atoms with Gasteiger partial charge in [-0.15, -0.1) is 11.8 Å². The summed E-state index contributed by atoms with van der Waals surface area (Å²) in [4.78, 5) is 13.9. The van der Waals surface area contributed by atoms with Gasteiger partial charge in [0, 0.05) is 23.3 Å². The fourth-order valence-electron chi connectivity index (χ4n) is 2.12. The number of hydrogen-bond donors (Lipinski definition) is 0. The van der Waals surface area contributed by atoms with Crippen LogP contribution in [-0.2, 0) is 10.5 Å². The lowest BCUT2D eigenvalue weighted by atomic mass is 10.1. The molecule has 0 bridgehead atoms. The first-order valence-electron chi connectivity index (χ1n) is 6.46. The largest absolute Gasteiger partial charge is 0.342 e. The fourth-order valence-corrected chi connectivity index (χ4v) is 3.37. The molecule has 5 heteroatoms. The van der Waals surface area contributed by atoms with Gasteiger partial charge in [0.05, 0.1) is 5.75 Å². The van der Waals surface area contributed by atoms with Crippen molar-refractivity contribution in [3.63, 3.8) is 0 Å². The number of benzene rings is 1. The summed E-state index contributed by atoms with van der Waals surface area (Å²) in [5.74, 6) is 0.947. The maximum atomic E-state index is 13.6. The average molecular weight is 346 g/mol. The van der Waals surface area contributed by atoms with Gasteiger partial charge in [0.15, 0.2) is 0 Å². The Kier molecular flexibility index (Phi) is 5.70. The molecule has 19 heavy (non-hydrogen) atoms. The molecule has 0 N–H and O–H groups in total. The van der Waals surface area contributed by atoms with Crippen LogP contribution < -0.4 is 0 Å². The smallest absolute Gasteiger partial charge is 0.232 e. The van der Waals surface area contributed by atoms with Gasteiger partial charge in [-0.2, -0.15) is 0 Å². The minimum atomic E-state index is -0.215. The maximum Gasteiger partial charge on any atom is 0.232 e. The molecule has 104 valence electrons. The van der Waals surface area contributed by atoms with E-state index in [9.17, 15) is 9.18 Å². The Balaban J connectivity index is 1.78. The van der Waals surface area contributed by atoms with Crippen LogP contribution in [0.5, 0.6) is 0 Å². The van der Waals surface area contributed by atoms with Crippen LogP contribution in [0.1, 0.15) is 24.8 Å². The van der Waals surface area contributed by atoms with Crippen molar-refractivity contribution >= 4 is 33.6 Å². The van der Waals surface area contributed by atoms with Gasteiger partial charge < -0.3 is 4.90 Å². The van der Waals surface area contributed by atoms with E-state index >= 15 is 0 Å². The Labute approximate surface area is 125 Å². The average Bonchev–Trinajstić information content (AvgIpc) is 2.42. The Hall–Kier alpha value is -0.550. The zero-order valence-electron chi connectivity index (χ0n) is 10.7. The quantitative estimate of drug-likeness (QED) is 0.826. The molecule has 1 heterocycles. The summed E-state index contributed by atoms with van der Waals surface area (Å²) in [7, 11) is 0. The standard InChI is InChI=1S/C14H17BrFNOS/c15-12-5-4-11(13(16)8-12)9-19-10-14(18)17-6-2-1-3-7-17/h4-5,8H,1-3,6-7,9-10H2. The van der Waals surface area contributed by atoms with Gasteiger partial charge in [-0.05, 0) is 37.0 Å². The molecular formula is C14H17BrFNOS. The molecule has 0 unspecified atom stereocenters. The summed E-state index contributed by atoms with van der Waals surface area (Å²) in [5.41, 5.74) is 0.652. The van der Waals surface area contributed by atoms with E-state index < -0.39 is 0 Å². The van der Waals surface area contributed by atoms with Crippen LogP contribution in [0, 0.1) is 5.82 Å². The summed E-state index contributed by atoms with van der Waals surface area (Å²) in [6, 6.07) is 5.05. The molecule has 1 aromatic carbocycles. The van der Waals surface area contributed by atoms with Crippen molar-refractivity contribution in [2.24, 2.45) is 0 Å². The highest BCUT2D eigenvalue weighted by atomic mass is 79.9. The number of amides is 1. The van der Waals surface area contributed by atoms with Crippen LogP contribution in [0.15, 0.2) is 22.7 Å². The van der Waals surface area contributed by atoms with Crippen LogP contribution in [-0.4, -0.2) is 29.6 Å². The number of carbonyl (C=O) groups excluding carboxylic acids is 1.